The van der Waals surface area contributed by atoms with Crippen LogP contribution < -0.4 is 10.6 Å². The zero-order valence-electron chi connectivity index (χ0n) is 10.9. The second-order valence-electron chi connectivity index (χ2n) is 3.86. The monoisotopic (exact) mass is 248 g/mol. The maximum absolute atomic E-state index is 11.6. The number of ether oxygens (including phenoxy) is 2. The van der Waals surface area contributed by atoms with Gasteiger partial charge in [0.2, 0.25) is 5.91 Å². The molecule has 0 radical (unpaired) electrons. The maximum Gasteiger partial charge on any atom is 0.236 e. The number of nitrogens with one attached hydrogen (secondary N) is 2. The summed E-state index contributed by atoms with van der Waals surface area (Å²) >= 11 is 0. The molecule has 102 valence electrons. The molecule has 3 N–H and O–H groups in total. The molecule has 0 aromatic carbocycles. The van der Waals surface area contributed by atoms with Crippen molar-refractivity contribution in [3.05, 3.63) is 0 Å². The van der Waals surface area contributed by atoms with E-state index in [1.54, 1.807) is 21.1 Å². The lowest BCUT2D eigenvalue weighted by Gasteiger charge is -2.20. The number of rotatable bonds is 10. The zero-order valence-corrected chi connectivity index (χ0v) is 10.9. The highest BCUT2D eigenvalue weighted by Gasteiger charge is 2.16. The van der Waals surface area contributed by atoms with Gasteiger partial charge in [-0.3, -0.25) is 10.1 Å². The van der Waals surface area contributed by atoms with Crippen LogP contribution in [0.3, 0.4) is 0 Å². The van der Waals surface area contributed by atoms with E-state index in [-0.39, 0.29) is 24.6 Å². The lowest BCUT2D eigenvalue weighted by Crippen LogP contribution is -2.49. The molecule has 0 bridgehead atoms. The zero-order chi connectivity index (χ0) is 13.1. The van der Waals surface area contributed by atoms with E-state index in [1.807, 2.05) is 0 Å². The van der Waals surface area contributed by atoms with Crippen LogP contribution in [0.4, 0.5) is 0 Å². The van der Waals surface area contributed by atoms with E-state index in [4.69, 9.17) is 14.6 Å². The Bertz CT molecular complexity index is 202. The normalized spacial score (nSPS) is 14.4. The molecule has 0 aliphatic carbocycles. The van der Waals surface area contributed by atoms with Gasteiger partial charge >= 0.3 is 0 Å². The Morgan fingerprint density at radius 2 is 2.06 bits per heavy atom. The molecular formula is C11H24N2O4. The topological polar surface area (TPSA) is 79.8 Å². The van der Waals surface area contributed by atoms with E-state index in [2.05, 4.69) is 10.6 Å². The van der Waals surface area contributed by atoms with Crippen LogP contribution in [0, 0.1) is 0 Å². The van der Waals surface area contributed by atoms with Gasteiger partial charge in [0, 0.05) is 27.4 Å². The summed E-state index contributed by atoms with van der Waals surface area (Å²) in [4.78, 5) is 11.6. The first-order valence-corrected chi connectivity index (χ1v) is 5.78. The van der Waals surface area contributed by atoms with Gasteiger partial charge in [-0.1, -0.05) is 0 Å². The standard InChI is InChI=1S/C11H24N2O4/c1-9(13-10(7-14)8-17-3)11(15)12-5-4-6-16-2/h9-10,13-14H,4-8H2,1-3H3,(H,12,15). The maximum atomic E-state index is 11.6. The number of methoxy groups -OCH3 is 2. The SMILES string of the molecule is COCCCNC(=O)C(C)NC(CO)COC. The largest absolute Gasteiger partial charge is 0.395 e. The first-order chi connectivity index (χ1) is 8.15. The van der Waals surface area contributed by atoms with Crippen molar-refractivity contribution in [2.24, 2.45) is 0 Å². The Morgan fingerprint density at radius 1 is 1.35 bits per heavy atom. The summed E-state index contributed by atoms with van der Waals surface area (Å²) in [5, 5.41) is 14.8. The molecule has 17 heavy (non-hydrogen) atoms. The Kier molecular flexibility index (Phi) is 10.0. The number of carbonyl (C=O) groups excluding carboxylic acids is 1. The summed E-state index contributed by atoms with van der Waals surface area (Å²) in [6.45, 7) is 3.29. The van der Waals surface area contributed by atoms with Crippen molar-refractivity contribution in [1.29, 1.82) is 0 Å². The van der Waals surface area contributed by atoms with Crippen LogP contribution >= 0.6 is 0 Å². The van der Waals surface area contributed by atoms with Crippen LogP contribution in [-0.4, -0.2) is 63.7 Å². The van der Waals surface area contributed by atoms with E-state index in [1.165, 1.54) is 0 Å². The molecule has 0 heterocycles. The molecule has 0 spiro atoms. The fourth-order valence-corrected chi connectivity index (χ4v) is 1.37. The van der Waals surface area contributed by atoms with E-state index in [0.29, 0.717) is 19.8 Å². The number of hydrogen-bond donors (Lipinski definition) is 3. The van der Waals surface area contributed by atoms with Crippen molar-refractivity contribution in [3.8, 4) is 0 Å². The second kappa shape index (κ2) is 10.5. The molecule has 1 amide bonds. The highest BCUT2D eigenvalue weighted by molar-refractivity contribution is 5.81. The second-order valence-corrected chi connectivity index (χ2v) is 3.86. The number of carbonyl (C=O) groups is 1. The minimum Gasteiger partial charge on any atom is -0.395 e. The van der Waals surface area contributed by atoms with E-state index >= 15 is 0 Å². The minimum absolute atomic E-state index is 0.0604. The van der Waals surface area contributed by atoms with Crippen molar-refractivity contribution in [2.75, 3.05) is 40.6 Å². The first kappa shape index (κ1) is 16.3. The quantitative estimate of drug-likeness (QED) is 0.438. The Labute approximate surface area is 103 Å². The summed E-state index contributed by atoms with van der Waals surface area (Å²) in [7, 11) is 3.18. The molecule has 2 unspecified atom stereocenters. The molecule has 0 rings (SSSR count). The van der Waals surface area contributed by atoms with Gasteiger partial charge in [0.05, 0.1) is 25.3 Å². The third-order valence-electron chi connectivity index (χ3n) is 2.29. The van der Waals surface area contributed by atoms with Gasteiger partial charge < -0.3 is 19.9 Å². The van der Waals surface area contributed by atoms with E-state index in [0.717, 1.165) is 6.42 Å². The lowest BCUT2D eigenvalue weighted by atomic mass is 10.2. The van der Waals surface area contributed by atoms with Crippen LogP contribution in [0.1, 0.15) is 13.3 Å². The average molecular weight is 248 g/mol. The third-order valence-corrected chi connectivity index (χ3v) is 2.29. The van der Waals surface area contributed by atoms with Crippen LogP contribution in [0.2, 0.25) is 0 Å². The van der Waals surface area contributed by atoms with Crippen molar-refractivity contribution in [3.63, 3.8) is 0 Å². The minimum atomic E-state index is -0.357. The molecule has 6 heteroatoms. The van der Waals surface area contributed by atoms with Crippen LogP contribution in [0.5, 0.6) is 0 Å². The smallest absolute Gasteiger partial charge is 0.236 e. The molecule has 0 aromatic rings. The van der Waals surface area contributed by atoms with Crippen molar-refractivity contribution in [1.82, 2.24) is 10.6 Å². The average Bonchev–Trinajstić information content (AvgIpc) is 2.33. The van der Waals surface area contributed by atoms with Gasteiger partial charge in [0.15, 0.2) is 0 Å². The number of aliphatic hydroxyl groups excluding tert-OH is 1. The van der Waals surface area contributed by atoms with Crippen molar-refractivity contribution >= 4 is 5.91 Å². The molecule has 0 aliphatic rings. The fraction of sp³-hybridized carbons (Fsp3) is 0.909. The molecule has 0 saturated carbocycles. The van der Waals surface area contributed by atoms with Gasteiger partial charge in [-0.25, -0.2) is 0 Å². The summed E-state index contributed by atoms with van der Waals surface area (Å²) in [6, 6.07) is -0.579. The Morgan fingerprint density at radius 3 is 2.59 bits per heavy atom. The highest BCUT2D eigenvalue weighted by Crippen LogP contribution is 1.90. The van der Waals surface area contributed by atoms with Gasteiger partial charge in [-0.05, 0) is 13.3 Å². The van der Waals surface area contributed by atoms with Crippen LogP contribution in [0.15, 0.2) is 0 Å². The summed E-state index contributed by atoms with van der Waals surface area (Å²) < 4.78 is 9.80. The number of hydrogen-bond acceptors (Lipinski definition) is 5. The van der Waals surface area contributed by atoms with Gasteiger partial charge in [0.25, 0.3) is 0 Å². The molecule has 0 fully saturated rings. The first-order valence-electron chi connectivity index (χ1n) is 5.78. The molecule has 6 nitrogen and oxygen atoms in total. The molecule has 2 atom stereocenters. The highest BCUT2D eigenvalue weighted by atomic mass is 16.5. The fourth-order valence-electron chi connectivity index (χ4n) is 1.37. The number of amides is 1. The van der Waals surface area contributed by atoms with Gasteiger partial charge in [-0.2, -0.15) is 0 Å². The Hall–Kier alpha value is -0.690. The molecule has 0 aliphatic heterocycles. The van der Waals surface area contributed by atoms with E-state index < -0.39 is 0 Å². The van der Waals surface area contributed by atoms with Crippen LogP contribution in [-0.2, 0) is 14.3 Å². The lowest BCUT2D eigenvalue weighted by molar-refractivity contribution is -0.123. The van der Waals surface area contributed by atoms with Crippen molar-refractivity contribution < 1.29 is 19.4 Å². The summed E-state index contributed by atoms with van der Waals surface area (Å²) in [5.41, 5.74) is 0. The van der Waals surface area contributed by atoms with Crippen LogP contribution in [0.25, 0.3) is 0 Å². The predicted molar refractivity (Wildman–Crippen MR) is 64.9 cm³/mol. The predicted octanol–water partition coefficient (Wildman–Crippen LogP) is -0.875. The molecule has 0 aromatic heterocycles. The summed E-state index contributed by atoms with van der Waals surface area (Å²) in [6.07, 6.45) is 0.788. The van der Waals surface area contributed by atoms with Crippen molar-refractivity contribution in [2.45, 2.75) is 25.4 Å². The summed E-state index contributed by atoms with van der Waals surface area (Å²) in [5.74, 6) is -0.0874. The Balaban J connectivity index is 3.78. The number of aliphatic hydroxyl groups is 1. The molecule has 0 saturated heterocycles. The van der Waals surface area contributed by atoms with Gasteiger partial charge in [-0.15, -0.1) is 0 Å². The van der Waals surface area contributed by atoms with Gasteiger partial charge in [0.1, 0.15) is 0 Å². The van der Waals surface area contributed by atoms with E-state index in [9.17, 15) is 4.79 Å². The third kappa shape index (κ3) is 8.09. The molecular weight excluding hydrogens is 224 g/mol.